The molecule has 4 atom stereocenters. The Bertz CT molecular complexity index is 872. The number of likely N-dealkylation sites (tertiary alicyclic amines) is 1. The van der Waals surface area contributed by atoms with Gasteiger partial charge in [0.05, 0.1) is 33.5 Å². The van der Waals surface area contributed by atoms with E-state index in [-0.39, 0.29) is 12.0 Å². The van der Waals surface area contributed by atoms with Crippen molar-refractivity contribution >= 4 is 0 Å². The Morgan fingerprint density at radius 3 is 2.26 bits per heavy atom. The minimum absolute atomic E-state index is 0.175. The molecule has 0 spiro atoms. The first-order valence-corrected chi connectivity index (χ1v) is 11.4. The monoisotopic (exact) mass is 426 g/mol. The quantitative estimate of drug-likeness (QED) is 0.743. The van der Waals surface area contributed by atoms with Gasteiger partial charge in [0, 0.05) is 23.5 Å². The number of rotatable bonds is 6. The van der Waals surface area contributed by atoms with Crippen LogP contribution in [0.4, 0.5) is 0 Å². The molecule has 0 aromatic heterocycles. The number of hydrogen-bond acceptors (Lipinski definition) is 4. The Hall–Kier alpha value is -2.24. The highest BCUT2D eigenvalue weighted by Crippen LogP contribution is 2.47. The maximum Gasteiger partial charge on any atom is 0.203 e. The van der Waals surface area contributed by atoms with Gasteiger partial charge < -0.3 is 24.2 Å². The van der Waals surface area contributed by atoms with Crippen LogP contribution in [-0.2, 0) is 6.54 Å². The molecule has 1 aliphatic carbocycles. The zero-order valence-electron chi connectivity index (χ0n) is 19.2. The van der Waals surface area contributed by atoms with Gasteiger partial charge in [0.25, 0.3) is 0 Å². The van der Waals surface area contributed by atoms with Crippen molar-refractivity contribution in [1.82, 2.24) is 0 Å². The van der Waals surface area contributed by atoms with Crippen molar-refractivity contribution in [3.63, 3.8) is 0 Å². The third-order valence-corrected chi connectivity index (χ3v) is 7.38. The number of nitrogens with one attached hydrogen (secondary N) is 1. The van der Waals surface area contributed by atoms with Crippen LogP contribution in [0.1, 0.15) is 54.8 Å². The first-order valence-electron chi connectivity index (χ1n) is 11.4. The fourth-order valence-electron chi connectivity index (χ4n) is 5.77. The molecule has 1 saturated carbocycles. The van der Waals surface area contributed by atoms with Crippen LogP contribution in [0.25, 0.3) is 0 Å². The van der Waals surface area contributed by atoms with E-state index >= 15 is 0 Å². The van der Waals surface area contributed by atoms with E-state index in [1.807, 2.05) is 0 Å². The molecular formula is C26H36NO4+. The maximum atomic E-state index is 11.6. The van der Waals surface area contributed by atoms with Crippen molar-refractivity contribution in [2.45, 2.75) is 57.2 Å². The average Bonchev–Trinajstić information content (AvgIpc) is 2.79. The van der Waals surface area contributed by atoms with Gasteiger partial charge in [-0.25, -0.2) is 0 Å². The SMILES string of the molecule is COc1cc([C@H]2[C@H]3CCCC[C@]3(O)CC[NH+]2Cc2ccc(C)cc2)cc(OC)c1OC. The third-order valence-electron chi connectivity index (χ3n) is 7.38. The number of piperidine rings is 1. The first kappa shape index (κ1) is 22.0. The van der Waals surface area contributed by atoms with Crippen molar-refractivity contribution in [3.05, 3.63) is 53.1 Å². The lowest BCUT2D eigenvalue weighted by molar-refractivity contribution is -0.958. The molecule has 2 aliphatic rings. The number of ether oxygens (including phenoxy) is 3. The number of methoxy groups -OCH3 is 3. The Morgan fingerprint density at radius 1 is 0.968 bits per heavy atom. The summed E-state index contributed by atoms with van der Waals surface area (Å²) in [7, 11) is 4.96. The molecule has 1 unspecified atom stereocenters. The normalized spacial score (nSPS) is 28.0. The highest BCUT2D eigenvalue weighted by atomic mass is 16.5. The van der Waals surface area contributed by atoms with Crippen LogP contribution in [0.2, 0.25) is 0 Å². The minimum Gasteiger partial charge on any atom is -0.493 e. The van der Waals surface area contributed by atoms with E-state index in [1.165, 1.54) is 22.4 Å². The van der Waals surface area contributed by atoms with Crippen molar-refractivity contribution in [3.8, 4) is 17.2 Å². The first-order chi connectivity index (χ1) is 15.0. The molecular weight excluding hydrogens is 390 g/mol. The number of fused-ring (bicyclic) bond motifs is 1. The van der Waals surface area contributed by atoms with Gasteiger partial charge in [-0.15, -0.1) is 0 Å². The van der Waals surface area contributed by atoms with Crippen molar-refractivity contribution in [1.29, 1.82) is 0 Å². The Kier molecular flexibility index (Phi) is 6.44. The lowest BCUT2D eigenvalue weighted by atomic mass is 9.66. The van der Waals surface area contributed by atoms with Gasteiger partial charge in [-0.1, -0.05) is 42.7 Å². The number of aryl methyl sites for hydroxylation is 1. The lowest BCUT2D eigenvalue weighted by Crippen LogP contribution is -3.13. The van der Waals surface area contributed by atoms with Crippen molar-refractivity contribution in [2.24, 2.45) is 5.92 Å². The molecule has 1 aliphatic heterocycles. The summed E-state index contributed by atoms with van der Waals surface area (Å²) in [5.74, 6) is 2.19. The zero-order chi connectivity index (χ0) is 22.0. The highest BCUT2D eigenvalue weighted by Gasteiger charge is 2.51. The fourth-order valence-corrected chi connectivity index (χ4v) is 5.77. The van der Waals surface area contributed by atoms with Crippen LogP contribution < -0.4 is 19.1 Å². The minimum atomic E-state index is -0.583. The summed E-state index contributed by atoms with van der Waals surface area (Å²) in [4.78, 5) is 1.50. The summed E-state index contributed by atoms with van der Waals surface area (Å²) >= 11 is 0. The van der Waals surface area contributed by atoms with Gasteiger partial charge in [0.15, 0.2) is 11.5 Å². The largest absolute Gasteiger partial charge is 0.493 e. The van der Waals surface area contributed by atoms with Crippen LogP contribution in [0.15, 0.2) is 36.4 Å². The van der Waals surface area contributed by atoms with Gasteiger partial charge in [0.2, 0.25) is 5.75 Å². The molecule has 2 fully saturated rings. The van der Waals surface area contributed by atoms with E-state index in [0.717, 1.165) is 44.3 Å². The highest BCUT2D eigenvalue weighted by molar-refractivity contribution is 5.54. The van der Waals surface area contributed by atoms with E-state index in [9.17, 15) is 5.11 Å². The topological polar surface area (TPSA) is 52.4 Å². The van der Waals surface area contributed by atoms with Crippen LogP contribution in [0.3, 0.4) is 0 Å². The fraction of sp³-hybridized carbons (Fsp3) is 0.538. The number of benzene rings is 2. The van der Waals surface area contributed by atoms with Gasteiger partial charge >= 0.3 is 0 Å². The van der Waals surface area contributed by atoms with Crippen molar-refractivity contribution < 1.29 is 24.2 Å². The van der Waals surface area contributed by atoms with E-state index in [0.29, 0.717) is 17.2 Å². The maximum absolute atomic E-state index is 11.6. The average molecular weight is 427 g/mol. The van der Waals surface area contributed by atoms with E-state index in [4.69, 9.17) is 14.2 Å². The number of hydrogen-bond donors (Lipinski definition) is 2. The zero-order valence-corrected chi connectivity index (χ0v) is 19.2. The Labute approximate surface area is 185 Å². The second-order valence-corrected chi connectivity index (χ2v) is 9.21. The summed E-state index contributed by atoms with van der Waals surface area (Å²) in [6.45, 7) is 4.01. The molecule has 0 radical (unpaired) electrons. The number of quaternary nitrogens is 1. The third kappa shape index (κ3) is 4.26. The van der Waals surface area contributed by atoms with Crippen LogP contribution in [-0.4, -0.2) is 38.6 Å². The Morgan fingerprint density at radius 2 is 1.65 bits per heavy atom. The van der Waals surface area contributed by atoms with Gasteiger partial charge in [-0.2, -0.15) is 0 Å². The number of aliphatic hydroxyl groups is 1. The molecule has 0 bridgehead atoms. The summed E-state index contributed by atoms with van der Waals surface area (Å²) in [6.07, 6.45) is 5.10. The molecule has 2 aromatic carbocycles. The van der Waals surface area contributed by atoms with Gasteiger partial charge in [-0.3, -0.25) is 0 Å². The van der Waals surface area contributed by atoms with Crippen LogP contribution in [0, 0.1) is 12.8 Å². The molecule has 1 saturated heterocycles. The second-order valence-electron chi connectivity index (χ2n) is 9.21. The van der Waals surface area contributed by atoms with E-state index < -0.39 is 5.60 Å². The summed E-state index contributed by atoms with van der Waals surface area (Å²) < 4.78 is 16.9. The van der Waals surface area contributed by atoms with E-state index in [2.05, 4.69) is 43.3 Å². The van der Waals surface area contributed by atoms with Gasteiger partial charge in [-0.05, 0) is 31.9 Å². The summed E-state index contributed by atoms with van der Waals surface area (Å²) in [6, 6.07) is 13.2. The second kappa shape index (κ2) is 9.09. The smallest absolute Gasteiger partial charge is 0.203 e. The predicted octanol–water partition coefficient (Wildman–Crippen LogP) is 3.47. The molecule has 5 nitrogen and oxygen atoms in total. The standard InChI is InChI=1S/C26H35NO4/c1-18-8-10-19(11-9-18)17-27-14-13-26(28)12-6-5-7-21(26)24(27)20-15-22(29-2)25(31-4)23(16-20)30-3/h8-11,15-16,21,24,28H,5-7,12-14,17H2,1-4H3/p+1/t21-,24+,26+/m1/s1. The van der Waals surface area contributed by atoms with E-state index in [1.54, 1.807) is 21.3 Å². The molecule has 1 heterocycles. The molecule has 0 amide bonds. The van der Waals surface area contributed by atoms with Gasteiger partial charge in [0.1, 0.15) is 12.6 Å². The Balaban J connectivity index is 1.77. The summed E-state index contributed by atoms with van der Waals surface area (Å²) in [5.41, 5.74) is 3.18. The predicted molar refractivity (Wildman–Crippen MR) is 121 cm³/mol. The van der Waals surface area contributed by atoms with Crippen molar-refractivity contribution in [2.75, 3.05) is 27.9 Å². The van der Waals surface area contributed by atoms with Crippen LogP contribution in [0.5, 0.6) is 17.2 Å². The van der Waals surface area contributed by atoms with Crippen LogP contribution >= 0.6 is 0 Å². The lowest BCUT2D eigenvalue weighted by Gasteiger charge is -2.50. The molecule has 4 rings (SSSR count). The molecule has 31 heavy (non-hydrogen) atoms. The molecule has 2 N–H and O–H groups in total. The molecule has 2 aromatic rings. The molecule has 168 valence electrons. The summed E-state index contributed by atoms with van der Waals surface area (Å²) in [5, 5.41) is 11.6. The molecule has 5 heteroatoms.